The Morgan fingerprint density at radius 1 is 1.03 bits per heavy atom. The van der Waals surface area contributed by atoms with Gasteiger partial charge in [0.2, 0.25) is 0 Å². The number of aromatic nitrogens is 4. The molecule has 33 heavy (non-hydrogen) atoms. The highest BCUT2D eigenvalue weighted by Gasteiger charge is 2.33. The molecule has 3 heterocycles. The summed E-state index contributed by atoms with van der Waals surface area (Å²) in [6, 6.07) is 18.8. The van der Waals surface area contributed by atoms with E-state index < -0.39 is 0 Å². The molecule has 2 aliphatic heterocycles. The number of rotatable bonds is 8. The first-order valence-corrected chi connectivity index (χ1v) is 11.8. The molecule has 0 amide bonds. The zero-order chi connectivity index (χ0) is 22.5. The van der Waals surface area contributed by atoms with Crippen molar-refractivity contribution in [1.82, 2.24) is 30.0 Å². The number of para-hydroxylation sites is 1. The van der Waals surface area contributed by atoms with Crippen LogP contribution in [0.25, 0.3) is 0 Å². The van der Waals surface area contributed by atoms with Gasteiger partial charge in [0.05, 0.1) is 19.8 Å². The average Bonchev–Trinajstić information content (AvgIpc) is 3.54. The van der Waals surface area contributed by atoms with E-state index in [1.165, 1.54) is 5.56 Å². The maximum Gasteiger partial charge on any atom is 0.173 e. The summed E-state index contributed by atoms with van der Waals surface area (Å²) in [5.74, 6) is 1.72. The summed E-state index contributed by atoms with van der Waals surface area (Å²) >= 11 is 0. The predicted octanol–water partition coefficient (Wildman–Crippen LogP) is 2.77. The van der Waals surface area contributed by atoms with E-state index in [0.29, 0.717) is 6.54 Å². The Morgan fingerprint density at radius 2 is 1.82 bits per heavy atom. The van der Waals surface area contributed by atoms with Gasteiger partial charge in [0, 0.05) is 44.9 Å². The van der Waals surface area contributed by atoms with Crippen molar-refractivity contribution < 1.29 is 9.47 Å². The van der Waals surface area contributed by atoms with Gasteiger partial charge in [0.1, 0.15) is 11.8 Å². The molecule has 8 nitrogen and oxygen atoms in total. The third-order valence-corrected chi connectivity index (χ3v) is 6.66. The lowest BCUT2D eigenvalue weighted by Gasteiger charge is -2.39. The molecule has 5 rings (SSSR count). The molecule has 2 fully saturated rings. The molecule has 0 radical (unpaired) electrons. The fourth-order valence-corrected chi connectivity index (χ4v) is 4.93. The van der Waals surface area contributed by atoms with E-state index in [2.05, 4.69) is 67.8 Å². The van der Waals surface area contributed by atoms with Crippen LogP contribution in [0.1, 0.15) is 35.8 Å². The number of piperazine rings is 1. The Morgan fingerprint density at radius 3 is 2.58 bits per heavy atom. The zero-order valence-corrected chi connectivity index (χ0v) is 19.2. The van der Waals surface area contributed by atoms with Crippen molar-refractivity contribution in [2.45, 2.75) is 38.1 Å². The Bertz CT molecular complexity index is 1010. The highest BCUT2D eigenvalue weighted by molar-refractivity contribution is 5.39. The van der Waals surface area contributed by atoms with Crippen LogP contribution >= 0.6 is 0 Å². The monoisotopic (exact) mass is 448 g/mol. The first kappa shape index (κ1) is 22.0. The van der Waals surface area contributed by atoms with Gasteiger partial charge in [-0.1, -0.05) is 48.5 Å². The molecule has 0 saturated carbocycles. The Hall–Kier alpha value is -2.81. The lowest BCUT2D eigenvalue weighted by atomic mass is 10.0. The van der Waals surface area contributed by atoms with Crippen LogP contribution in [0.4, 0.5) is 0 Å². The van der Waals surface area contributed by atoms with Crippen LogP contribution in [0, 0.1) is 0 Å². The van der Waals surface area contributed by atoms with E-state index in [1.807, 2.05) is 16.8 Å². The van der Waals surface area contributed by atoms with Crippen LogP contribution < -0.4 is 4.74 Å². The van der Waals surface area contributed by atoms with Crippen LogP contribution in [-0.2, 0) is 17.8 Å². The van der Waals surface area contributed by atoms with Crippen LogP contribution in [0.3, 0.4) is 0 Å². The SMILES string of the molecule is COc1ccccc1[C@H](c1nnnn1C[C@@H]1CCCO1)N1CCN(Cc2ccccc2)CC1. The first-order chi connectivity index (χ1) is 16.3. The van der Waals surface area contributed by atoms with Gasteiger partial charge in [0.15, 0.2) is 5.82 Å². The molecule has 2 atom stereocenters. The van der Waals surface area contributed by atoms with E-state index in [9.17, 15) is 0 Å². The van der Waals surface area contributed by atoms with E-state index >= 15 is 0 Å². The van der Waals surface area contributed by atoms with Crippen molar-refractivity contribution in [3.8, 4) is 5.75 Å². The summed E-state index contributed by atoms with van der Waals surface area (Å²) in [7, 11) is 1.73. The summed E-state index contributed by atoms with van der Waals surface area (Å²) in [6.07, 6.45) is 2.33. The molecule has 1 aromatic heterocycles. The number of nitrogens with zero attached hydrogens (tertiary/aromatic N) is 6. The minimum Gasteiger partial charge on any atom is -0.496 e. The van der Waals surface area contributed by atoms with Crippen molar-refractivity contribution >= 4 is 0 Å². The van der Waals surface area contributed by atoms with Crippen molar-refractivity contribution in [2.75, 3.05) is 39.9 Å². The third kappa shape index (κ3) is 5.08. The molecule has 174 valence electrons. The summed E-state index contributed by atoms with van der Waals surface area (Å²) in [4.78, 5) is 5.00. The van der Waals surface area contributed by atoms with Crippen LogP contribution in [0.2, 0.25) is 0 Å². The van der Waals surface area contributed by atoms with Crippen molar-refractivity contribution in [2.24, 2.45) is 0 Å². The molecule has 2 aliphatic rings. The fraction of sp³-hybridized carbons (Fsp3) is 0.480. The molecular formula is C25H32N6O2. The zero-order valence-electron chi connectivity index (χ0n) is 19.2. The highest BCUT2D eigenvalue weighted by atomic mass is 16.5. The van der Waals surface area contributed by atoms with Crippen molar-refractivity contribution in [1.29, 1.82) is 0 Å². The molecule has 2 saturated heterocycles. The lowest BCUT2D eigenvalue weighted by molar-refractivity contribution is 0.0838. The minimum atomic E-state index is -0.0728. The van der Waals surface area contributed by atoms with Crippen LogP contribution in [0.5, 0.6) is 5.75 Å². The fourth-order valence-electron chi connectivity index (χ4n) is 4.93. The van der Waals surface area contributed by atoms with Crippen molar-refractivity contribution in [3.63, 3.8) is 0 Å². The number of methoxy groups -OCH3 is 1. The van der Waals surface area contributed by atoms with Gasteiger partial charge in [-0.25, -0.2) is 4.68 Å². The number of hydrogen-bond donors (Lipinski definition) is 0. The Kier molecular flexibility index (Phi) is 6.95. The molecular weight excluding hydrogens is 416 g/mol. The van der Waals surface area contributed by atoms with Gasteiger partial charge < -0.3 is 9.47 Å². The molecule has 0 spiro atoms. The highest BCUT2D eigenvalue weighted by Crippen LogP contribution is 2.34. The predicted molar refractivity (Wildman–Crippen MR) is 125 cm³/mol. The van der Waals surface area contributed by atoms with Gasteiger partial charge in [-0.3, -0.25) is 9.80 Å². The largest absolute Gasteiger partial charge is 0.496 e. The standard InChI is InChI=1S/C25H32N6O2/c1-32-23-12-6-5-11-22(23)24(25-26-27-28-31(25)19-21-10-7-17-33-21)30-15-13-29(14-16-30)18-20-8-3-2-4-9-20/h2-6,8-9,11-12,21,24H,7,10,13-19H2,1H3/t21-,24+/m0/s1. The molecule has 0 aliphatic carbocycles. The average molecular weight is 449 g/mol. The van der Waals surface area contributed by atoms with E-state index in [1.54, 1.807) is 7.11 Å². The maximum atomic E-state index is 5.87. The second kappa shape index (κ2) is 10.4. The summed E-state index contributed by atoms with van der Waals surface area (Å²) in [6.45, 7) is 6.33. The van der Waals surface area contributed by atoms with E-state index in [0.717, 1.165) is 69.3 Å². The summed E-state index contributed by atoms with van der Waals surface area (Å²) in [5, 5.41) is 12.9. The molecule has 3 aromatic rings. The number of benzene rings is 2. The van der Waals surface area contributed by atoms with E-state index in [4.69, 9.17) is 9.47 Å². The van der Waals surface area contributed by atoms with E-state index in [-0.39, 0.29) is 12.1 Å². The third-order valence-electron chi connectivity index (χ3n) is 6.66. The van der Waals surface area contributed by atoms with Gasteiger partial charge >= 0.3 is 0 Å². The maximum absolute atomic E-state index is 5.87. The quantitative estimate of drug-likeness (QED) is 0.525. The number of ether oxygens (including phenoxy) is 2. The molecule has 0 bridgehead atoms. The Balaban J connectivity index is 1.38. The van der Waals surface area contributed by atoms with Gasteiger partial charge in [-0.2, -0.15) is 0 Å². The van der Waals surface area contributed by atoms with Crippen LogP contribution in [0.15, 0.2) is 54.6 Å². The second-order valence-corrected chi connectivity index (χ2v) is 8.80. The normalized spacial score (nSPS) is 20.7. The molecule has 0 N–H and O–H groups in total. The van der Waals surface area contributed by atoms with Gasteiger partial charge in [0.25, 0.3) is 0 Å². The smallest absolute Gasteiger partial charge is 0.173 e. The number of hydrogen-bond acceptors (Lipinski definition) is 7. The van der Waals surface area contributed by atoms with Gasteiger partial charge in [-0.05, 0) is 34.9 Å². The molecule has 0 unspecified atom stereocenters. The lowest BCUT2D eigenvalue weighted by Crippen LogP contribution is -2.48. The molecule has 2 aromatic carbocycles. The number of tetrazole rings is 1. The summed E-state index contributed by atoms with van der Waals surface area (Å²) < 4.78 is 13.5. The van der Waals surface area contributed by atoms with Crippen molar-refractivity contribution in [3.05, 3.63) is 71.5 Å². The second-order valence-electron chi connectivity index (χ2n) is 8.80. The topological polar surface area (TPSA) is 68.5 Å². The van der Waals surface area contributed by atoms with Crippen LogP contribution in [-0.4, -0.2) is 76.0 Å². The van der Waals surface area contributed by atoms with Gasteiger partial charge in [-0.15, -0.1) is 5.10 Å². The Labute approximate surface area is 195 Å². The molecule has 8 heteroatoms. The first-order valence-electron chi connectivity index (χ1n) is 11.8. The minimum absolute atomic E-state index is 0.0728. The summed E-state index contributed by atoms with van der Waals surface area (Å²) in [5.41, 5.74) is 2.45.